The number of hydrogen-bond acceptors (Lipinski definition) is 1. The molecule has 1 aromatic heterocycles. The van der Waals surface area contributed by atoms with E-state index in [1.165, 1.54) is 0 Å². The average Bonchev–Trinajstić information content (AvgIpc) is 2.81. The number of aromatic nitrogens is 2. The molecule has 1 aliphatic rings. The monoisotopic (exact) mass is 292 g/mol. The Bertz CT molecular complexity index is 680. The predicted octanol–water partition coefficient (Wildman–Crippen LogP) is 4.94. The van der Waals surface area contributed by atoms with Crippen LogP contribution >= 0.6 is 0 Å². The first kappa shape index (κ1) is 14.5. The van der Waals surface area contributed by atoms with Crippen LogP contribution in [0.5, 0.6) is 0 Å². The van der Waals surface area contributed by atoms with Gasteiger partial charge in [0.2, 0.25) is 0 Å². The van der Waals surface area contributed by atoms with E-state index in [1.54, 1.807) is 6.20 Å². The maximum absolute atomic E-state index is 14.4. The minimum absolute atomic E-state index is 0.0538. The maximum atomic E-state index is 14.4. The van der Waals surface area contributed by atoms with Crippen LogP contribution < -0.4 is 0 Å². The van der Waals surface area contributed by atoms with Crippen LogP contribution in [0.15, 0.2) is 12.3 Å². The van der Waals surface area contributed by atoms with Crippen LogP contribution in [0.25, 0.3) is 10.9 Å². The molecule has 0 bridgehead atoms. The average molecular weight is 292 g/mol. The highest BCUT2D eigenvalue weighted by atomic mass is 19.3. The van der Waals surface area contributed by atoms with Gasteiger partial charge < -0.3 is 0 Å². The molecule has 1 N–H and O–H groups in total. The summed E-state index contributed by atoms with van der Waals surface area (Å²) in [5, 5.41) is 8.10. The number of halogens is 2. The molecule has 2 aromatic rings. The van der Waals surface area contributed by atoms with Gasteiger partial charge in [0.25, 0.3) is 5.92 Å². The molecule has 0 saturated carbocycles. The van der Waals surface area contributed by atoms with E-state index in [0.717, 1.165) is 27.6 Å². The van der Waals surface area contributed by atoms with Crippen LogP contribution in [0, 0.1) is 0 Å². The van der Waals surface area contributed by atoms with Crippen LogP contribution in [0.1, 0.15) is 63.1 Å². The first-order valence-corrected chi connectivity index (χ1v) is 7.63. The number of rotatable bonds is 1. The Balaban J connectivity index is 2.39. The van der Waals surface area contributed by atoms with Gasteiger partial charge in [-0.25, -0.2) is 8.78 Å². The van der Waals surface area contributed by atoms with E-state index in [-0.39, 0.29) is 11.8 Å². The van der Waals surface area contributed by atoms with Crippen LogP contribution in [0.2, 0.25) is 0 Å². The Morgan fingerprint density at radius 1 is 1.38 bits per heavy atom. The molecule has 0 radical (unpaired) electrons. The van der Waals surface area contributed by atoms with Gasteiger partial charge in [-0.1, -0.05) is 27.7 Å². The van der Waals surface area contributed by atoms with E-state index >= 15 is 0 Å². The van der Waals surface area contributed by atoms with E-state index in [2.05, 4.69) is 31.0 Å². The number of aryl methyl sites for hydroxylation is 1. The Morgan fingerprint density at radius 2 is 2.10 bits per heavy atom. The van der Waals surface area contributed by atoms with Crippen molar-refractivity contribution >= 4 is 10.9 Å². The summed E-state index contributed by atoms with van der Waals surface area (Å²) in [7, 11) is 0. The van der Waals surface area contributed by atoms with Crippen molar-refractivity contribution in [3.63, 3.8) is 0 Å². The Labute approximate surface area is 123 Å². The normalized spacial score (nSPS) is 21.5. The molecule has 21 heavy (non-hydrogen) atoms. The fourth-order valence-corrected chi connectivity index (χ4v) is 3.77. The third-order valence-corrected chi connectivity index (χ3v) is 4.62. The summed E-state index contributed by atoms with van der Waals surface area (Å²) in [4.78, 5) is 0. The fourth-order valence-electron chi connectivity index (χ4n) is 3.77. The lowest BCUT2D eigenvalue weighted by molar-refractivity contribution is -0.0429. The molecular formula is C17H22F2N2. The summed E-state index contributed by atoms with van der Waals surface area (Å²) >= 11 is 0. The zero-order valence-electron chi connectivity index (χ0n) is 13.1. The van der Waals surface area contributed by atoms with Crippen molar-refractivity contribution in [1.82, 2.24) is 10.2 Å². The lowest BCUT2D eigenvalue weighted by Gasteiger charge is -2.37. The van der Waals surface area contributed by atoms with Gasteiger partial charge in [0.05, 0.1) is 11.7 Å². The van der Waals surface area contributed by atoms with Gasteiger partial charge >= 0.3 is 0 Å². The van der Waals surface area contributed by atoms with E-state index in [0.29, 0.717) is 12.8 Å². The SMILES string of the molecule is CCC1c2c(cc3[nH]ncc3c2C(C)(C)C)CCC1(F)F. The fraction of sp³-hybridized carbons (Fsp3) is 0.588. The number of nitrogens with one attached hydrogen (secondary N) is 1. The summed E-state index contributed by atoms with van der Waals surface area (Å²) in [5.41, 5.74) is 3.74. The Morgan fingerprint density at radius 3 is 2.71 bits per heavy atom. The molecule has 0 saturated heterocycles. The summed E-state index contributed by atoms with van der Waals surface area (Å²) in [5.74, 6) is -3.30. The molecule has 1 atom stereocenters. The van der Waals surface area contributed by atoms with Crippen molar-refractivity contribution in [3.8, 4) is 0 Å². The lowest BCUT2D eigenvalue weighted by atomic mass is 9.70. The smallest absolute Gasteiger partial charge is 0.255 e. The van der Waals surface area contributed by atoms with Crippen LogP contribution in [-0.4, -0.2) is 16.1 Å². The Kier molecular flexibility index (Phi) is 3.12. The largest absolute Gasteiger partial charge is 0.278 e. The number of H-pyrrole nitrogens is 1. The molecule has 0 amide bonds. The molecule has 1 unspecified atom stereocenters. The number of alkyl halides is 2. The van der Waals surface area contributed by atoms with E-state index in [1.807, 2.05) is 13.0 Å². The van der Waals surface area contributed by atoms with Crippen molar-refractivity contribution in [1.29, 1.82) is 0 Å². The molecule has 4 heteroatoms. The molecule has 0 fully saturated rings. The second-order valence-electron chi connectivity index (χ2n) is 7.13. The molecule has 3 rings (SSSR count). The highest BCUT2D eigenvalue weighted by Crippen LogP contribution is 2.50. The molecule has 1 heterocycles. The third-order valence-electron chi connectivity index (χ3n) is 4.62. The van der Waals surface area contributed by atoms with Crippen molar-refractivity contribution in [2.24, 2.45) is 0 Å². The minimum atomic E-state index is -2.61. The zero-order valence-corrected chi connectivity index (χ0v) is 13.1. The number of hydrogen-bond donors (Lipinski definition) is 1. The standard InChI is InChI=1S/C17H22F2N2/c1-5-12-14-10(6-7-17(12,18)19)8-13-11(9-20-21-13)15(14)16(2,3)4/h8-9,12H,5-7H2,1-4H3,(H,20,21). The van der Waals surface area contributed by atoms with Crippen molar-refractivity contribution in [2.45, 2.75) is 64.2 Å². The molecule has 0 spiro atoms. The van der Waals surface area contributed by atoms with Crippen molar-refractivity contribution < 1.29 is 8.78 Å². The van der Waals surface area contributed by atoms with E-state index in [9.17, 15) is 8.78 Å². The summed E-state index contributed by atoms with van der Waals surface area (Å²) in [6, 6.07) is 2.02. The summed E-state index contributed by atoms with van der Waals surface area (Å²) in [6.07, 6.45) is 2.63. The second kappa shape index (κ2) is 4.52. The third kappa shape index (κ3) is 2.16. The van der Waals surface area contributed by atoms with Gasteiger partial charge in [-0.2, -0.15) is 5.10 Å². The first-order valence-electron chi connectivity index (χ1n) is 7.63. The van der Waals surface area contributed by atoms with Crippen LogP contribution in [-0.2, 0) is 11.8 Å². The summed E-state index contributed by atoms with van der Waals surface area (Å²) < 4.78 is 28.8. The molecule has 2 nitrogen and oxygen atoms in total. The number of fused-ring (bicyclic) bond motifs is 2. The van der Waals surface area contributed by atoms with Gasteiger partial charge in [-0.15, -0.1) is 0 Å². The molecule has 114 valence electrons. The highest BCUT2D eigenvalue weighted by molar-refractivity contribution is 5.85. The minimum Gasteiger partial charge on any atom is -0.278 e. The Hall–Kier alpha value is -1.45. The second-order valence-corrected chi connectivity index (χ2v) is 7.13. The first-order chi connectivity index (χ1) is 9.75. The quantitative estimate of drug-likeness (QED) is 0.792. The van der Waals surface area contributed by atoms with Crippen molar-refractivity contribution in [2.75, 3.05) is 0 Å². The van der Waals surface area contributed by atoms with Crippen molar-refractivity contribution in [3.05, 3.63) is 29.0 Å². The number of aromatic amines is 1. The van der Waals surface area contributed by atoms with Gasteiger partial charge in [0.15, 0.2) is 0 Å². The summed E-state index contributed by atoms with van der Waals surface area (Å²) in [6.45, 7) is 8.14. The van der Waals surface area contributed by atoms with Gasteiger partial charge in [0.1, 0.15) is 0 Å². The zero-order chi connectivity index (χ0) is 15.4. The van der Waals surface area contributed by atoms with Crippen LogP contribution in [0.3, 0.4) is 0 Å². The molecular weight excluding hydrogens is 270 g/mol. The number of nitrogens with zero attached hydrogens (tertiary/aromatic N) is 1. The maximum Gasteiger partial charge on any atom is 0.255 e. The topological polar surface area (TPSA) is 28.7 Å². The molecule has 0 aliphatic heterocycles. The lowest BCUT2D eigenvalue weighted by Crippen LogP contribution is -2.34. The van der Waals surface area contributed by atoms with Gasteiger partial charge in [0, 0.05) is 17.7 Å². The van der Waals surface area contributed by atoms with E-state index in [4.69, 9.17) is 0 Å². The highest BCUT2D eigenvalue weighted by Gasteiger charge is 2.45. The van der Waals surface area contributed by atoms with E-state index < -0.39 is 11.8 Å². The number of benzene rings is 1. The molecule has 1 aliphatic carbocycles. The molecule has 1 aromatic carbocycles. The van der Waals surface area contributed by atoms with Gasteiger partial charge in [-0.05, 0) is 41.0 Å². The van der Waals surface area contributed by atoms with Gasteiger partial charge in [-0.3, -0.25) is 5.10 Å². The predicted molar refractivity (Wildman–Crippen MR) is 81.1 cm³/mol. The van der Waals surface area contributed by atoms with Crippen LogP contribution in [0.4, 0.5) is 8.78 Å².